The molecule has 0 spiro atoms. The molecule has 1 rings (SSSR count). The molecule has 1 atom stereocenters. The summed E-state index contributed by atoms with van der Waals surface area (Å²) in [6.07, 6.45) is 0. The lowest BCUT2D eigenvalue weighted by atomic mass is 10.1. The summed E-state index contributed by atoms with van der Waals surface area (Å²) in [7, 11) is 0. The van der Waals surface area contributed by atoms with Crippen LogP contribution in [-0.2, 0) is 9.59 Å². The van der Waals surface area contributed by atoms with Gasteiger partial charge in [-0.25, -0.2) is 0 Å². The highest BCUT2D eigenvalue weighted by atomic mass is 79.9. The number of thiocarbonyl (C=S) groups is 1. The van der Waals surface area contributed by atoms with E-state index in [0.29, 0.717) is 0 Å². The fourth-order valence-corrected chi connectivity index (χ4v) is 1.68. The fourth-order valence-electron chi connectivity index (χ4n) is 1.34. The number of halogens is 1. The molecule has 0 aromatic heterocycles. The Balaban J connectivity index is 2.54. The predicted octanol–water partition coefficient (Wildman–Crippen LogP) is 1.03. The van der Waals surface area contributed by atoms with Crippen LogP contribution in [0.2, 0.25) is 0 Å². The van der Waals surface area contributed by atoms with Gasteiger partial charge in [-0.05, 0) is 24.6 Å². The molecule has 5 nitrogen and oxygen atoms in total. The van der Waals surface area contributed by atoms with Crippen molar-refractivity contribution in [1.82, 2.24) is 10.6 Å². The zero-order valence-electron chi connectivity index (χ0n) is 10.3. The maximum absolute atomic E-state index is 11.6. The molecule has 0 aliphatic heterocycles. The average Bonchev–Trinajstić information content (AvgIpc) is 2.36. The van der Waals surface area contributed by atoms with Gasteiger partial charge in [0.25, 0.3) is 0 Å². The van der Waals surface area contributed by atoms with Gasteiger partial charge in [0.05, 0.1) is 17.6 Å². The molecular weight excluding hydrogens is 330 g/mol. The molecule has 0 bridgehead atoms. The molecule has 0 saturated carbocycles. The van der Waals surface area contributed by atoms with Gasteiger partial charge in [0, 0.05) is 4.47 Å². The highest BCUT2D eigenvalue weighted by Crippen LogP contribution is 2.16. The lowest BCUT2D eigenvalue weighted by Gasteiger charge is -2.14. The summed E-state index contributed by atoms with van der Waals surface area (Å²) in [6.45, 7) is 1.80. The molecule has 1 aromatic carbocycles. The van der Waals surface area contributed by atoms with Crippen molar-refractivity contribution in [2.45, 2.75) is 13.0 Å². The third kappa shape index (κ3) is 5.35. The van der Waals surface area contributed by atoms with Gasteiger partial charge in [0.15, 0.2) is 0 Å². The van der Waals surface area contributed by atoms with Gasteiger partial charge >= 0.3 is 11.8 Å². The minimum Gasteiger partial charge on any atom is -0.392 e. The Morgan fingerprint density at radius 2 is 1.89 bits per heavy atom. The second kappa shape index (κ2) is 7.20. The molecule has 1 aromatic rings. The third-order valence-corrected chi connectivity index (χ3v) is 3.02. The summed E-state index contributed by atoms with van der Waals surface area (Å²) in [6, 6.07) is 7.19. The third-order valence-electron chi connectivity index (χ3n) is 2.35. The second-order valence-corrected chi connectivity index (χ2v) is 5.34. The van der Waals surface area contributed by atoms with Crippen LogP contribution in [0.4, 0.5) is 0 Å². The predicted molar refractivity (Wildman–Crippen MR) is 80.5 cm³/mol. The van der Waals surface area contributed by atoms with Crippen LogP contribution in [0, 0.1) is 0 Å². The zero-order valence-corrected chi connectivity index (χ0v) is 12.7. The van der Waals surface area contributed by atoms with Gasteiger partial charge in [-0.3, -0.25) is 9.59 Å². The van der Waals surface area contributed by atoms with Crippen LogP contribution in [0.25, 0.3) is 0 Å². The molecule has 0 radical (unpaired) electrons. The maximum atomic E-state index is 11.6. The van der Waals surface area contributed by atoms with E-state index >= 15 is 0 Å². The van der Waals surface area contributed by atoms with Crippen LogP contribution in [-0.4, -0.2) is 23.3 Å². The van der Waals surface area contributed by atoms with E-state index in [4.69, 9.17) is 5.73 Å². The van der Waals surface area contributed by atoms with Crippen LogP contribution in [0.15, 0.2) is 28.7 Å². The van der Waals surface area contributed by atoms with E-state index in [-0.39, 0.29) is 17.6 Å². The maximum Gasteiger partial charge on any atom is 0.309 e. The summed E-state index contributed by atoms with van der Waals surface area (Å²) in [4.78, 5) is 23.1. The van der Waals surface area contributed by atoms with E-state index in [9.17, 15) is 9.59 Å². The Labute approximate surface area is 125 Å². The Kier molecular flexibility index (Phi) is 5.91. The van der Waals surface area contributed by atoms with Crippen LogP contribution in [0.5, 0.6) is 0 Å². The molecule has 19 heavy (non-hydrogen) atoms. The largest absolute Gasteiger partial charge is 0.392 e. The lowest BCUT2D eigenvalue weighted by Crippen LogP contribution is -2.43. The van der Waals surface area contributed by atoms with E-state index in [1.165, 1.54) is 0 Å². The van der Waals surface area contributed by atoms with Crippen molar-refractivity contribution in [3.8, 4) is 0 Å². The molecule has 0 heterocycles. The topological polar surface area (TPSA) is 84.2 Å². The molecular formula is C12H14BrN3O2S. The minimum absolute atomic E-state index is 0.00819. The van der Waals surface area contributed by atoms with Gasteiger partial charge in [-0.15, -0.1) is 0 Å². The smallest absolute Gasteiger partial charge is 0.309 e. The fraction of sp³-hybridized carbons (Fsp3) is 0.250. The molecule has 1 unspecified atom stereocenters. The highest BCUT2D eigenvalue weighted by molar-refractivity contribution is 9.10. The molecule has 0 aliphatic carbocycles. The summed E-state index contributed by atoms with van der Waals surface area (Å²) in [5.74, 6) is -1.47. The lowest BCUT2D eigenvalue weighted by molar-refractivity contribution is -0.139. The van der Waals surface area contributed by atoms with E-state index in [2.05, 4.69) is 38.8 Å². The first-order chi connectivity index (χ1) is 8.90. The van der Waals surface area contributed by atoms with Gasteiger partial charge in [-0.2, -0.15) is 0 Å². The Bertz CT molecular complexity index is 490. The zero-order chi connectivity index (χ0) is 14.4. The monoisotopic (exact) mass is 343 g/mol. The molecule has 0 fully saturated rings. The van der Waals surface area contributed by atoms with E-state index in [1.807, 2.05) is 24.3 Å². The highest BCUT2D eigenvalue weighted by Gasteiger charge is 2.16. The molecule has 0 saturated heterocycles. The summed E-state index contributed by atoms with van der Waals surface area (Å²) >= 11 is 7.93. The van der Waals surface area contributed by atoms with Crippen molar-refractivity contribution >= 4 is 45.0 Å². The first kappa shape index (κ1) is 15.6. The van der Waals surface area contributed by atoms with Crippen molar-refractivity contribution in [2.24, 2.45) is 5.73 Å². The van der Waals surface area contributed by atoms with Crippen LogP contribution < -0.4 is 16.4 Å². The number of rotatable bonds is 4. The van der Waals surface area contributed by atoms with Crippen molar-refractivity contribution in [3.05, 3.63) is 34.3 Å². The molecule has 2 amide bonds. The quantitative estimate of drug-likeness (QED) is 0.563. The van der Waals surface area contributed by atoms with Gasteiger partial charge in [0.2, 0.25) is 0 Å². The number of nitrogens with one attached hydrogen (secondary N) is 2. The van der Waals surface area contributed by atoms with Crippen molar-refractivity contribution in [3.63, 3.8) is 0 Å². The summed E-state index contributed by atoms with van der Waals surface area (Å²) in [5, 5.41) is 4.91. The van der Waals surface area contributed by atoms with Crippen molar-refractivity contribution < 1.29 is 9.59 Å². The number of carbonyl (C=O) groups excluding carboxylic acids is 2. The summed E-state index contributed by atoms with van der Waals surface area (Å²) in [5.41, 5.74) is 6.13. The number of benzene rings is 1. The van der Waals surface area contributed by atoms with Crippen molar-refractivity contribution in [1.29, 1.82) is 0 Å². The van der Waals surface area contributed by atoms with E-state index in [1.54, 1.807) is 6.92 Å². The van der Waals surface area contributed by atoms with Gasteiger partial charge < -0.3 is 16.4 Å². The van der Waals surface area contributed by atoms with Gasteiger partial charge in [-0.1, -0.05) is 40.3 Å². The number of carbonyl (C=O) groups is 2. The average molecular weight is 344 g/mol. The normalized spacial score (nSPS) is 11.5. The van der Waals surface area contributed by atoms with Crippen LogP contribution >= 0.6 is 28.1 Å². The van der Waals surface area contributed by atoms with Crippen LogP contribution in [0.1, 0.15) is 18.5 Å². The molecule has 4 N–H and O–H groups in total. The number of hydrogen-bond acceptors (Lipinski definition) is 3. The number of amides is 2. The molecule has 0 aliphatic rings. The second-order valence-electron chi connectivity index (χ2n) is 3.90. The Hall–Kier alpha value is -1.47. The van der Waals surface area contributed by atoms with E-state index in [0.717, 1.165) is 10.0 Å². The minimum atomic E-state index is -0.753. The molecule has 7 heteroatoms. The van der Waals surface area contributed by atoms with E-state index < -0.39 is 11.8 Å². The van der Waals surface area contributed by atoms with Gasteiger partial charge in [0.1, 0.15) is 0 Å². The summed E-state index contributed by atoms with van der Waals surface area (Å²) < 4.78 is 0.948. The van der Waals surface area contributed by atoms with Crippen molar-refractivity contribution in [2.75, 3.05) is 6.54 Å². The Morgan fingerprint density at radius 1 is 1.32 bits per heavy atom. The Morgan fingerprint density at radius 3 is 2.42 bits per heavy atom. The first-order valence-electron chi connectivity index (χ1n) is 5.52. The standard InChI is InChI=1S/C12H14BrN3O2S/c1-7(8-2-4-9(13)5-3-8)16-12(18)11(17)15-6-10(14)19/h2-5,7H,6H2,1H3,(H2,14,19)(H,15,17)(H,16,18). The first-order valence-corrected chi connectivity index (χ1v) is 6.72. The molecule has 102 valence electrons. The number of hydrogen-bond donors (Lipinski definition) is 3. The van der Waals surface area contributed by atoms with Crippen LogP contribution in [0.3, 0.4) is 0 Å². The SMILES string of the molecule is CC(NC(=O)C(=O)NCC(N)=S)c1ccc(Br)cc1. The number of nitrogens with two attached hydrogens (primary N) is 1.